The molecule has 1 aliphatic heterocycles. The first-order valence-electron chi connectivity index (χ1n) is 9.88. The number of carbonyl (C=O) groups excluding carboxylic acids is 3. The van der Waals surface area contributed by atoms with Gasteiger partial charge in [0.2, 0.25) is 0 Å². The molecule has 0 spiro atoms. The van der Waals surface area contributed by atoms with Crippen molar-refractivity contribution < 1.29 is 33.0 Å². The quantitative estimate of drug-likeness (QED) is 0.339. The van der Waals surface area contributed by atoms with E-state index < -0.39 is 23.7 Å². The Morgan fingerprint density at radius 2 is 1.97 bits per heavy atom. The highest BCUT2D eigenvalue weighted by Crippen LogP contribution is 2.39. The van der Waals surface area contributed by atoms with E-state index in [0.29, 0.717) is 27.1 Å². The summed E-state index contributed by atoms with van der Waals surface area (Å²) in [7, 11) is 1.45. The number of carbonyl (C=O) groups is 3. The van der Waals surface area contributed by atoms with Crippen molar-refractivity contribution in [3.05, 3.63) is 62.7 Å². The maximum atomic E-state index is 13.9. The molecule has 2 aromatic carbocycles. The first-order chi connectivity index (χ1) is 15.7. The number of imide groups is 1. The van der Waals surface area contributed by atoms with Gasteiger partial charge < -0.3 is 14.2 Å². The molecule has 0 saturated carbocycles. The van der Waals surface area contributed by atoms with Crippen molar-refractivity contribution in [2.45, 2.75) is 26.6 Å². The second-order valence-electron chi connectivity index (χ2n) is 7.22. The number of nitrogens with zero attached hydrogens (tertiary/aromatic N) is 1. The van der Waals surface area contributed by atoms with Gasteiger partial charge in [-0.25, -0.2) is 4.39 Å². The minimum absolute atomic E-state index is 0.00759. The second-order valence-corrected chi connectivity index (χ2v) is 9.07. The molecule has 1 heterocycles. The Morgan fingerprint density at radius 3 is 2.64 bits per heavy atom. The van der Waals surface area contributed by atoms with Crippen LogP contribution in [-0.2, 0) is 20.9 Å². The van der Waals surface area contributed by atoms with E-state index in [1.165, 1.54) is 19.3 Å². The van der Waals surface area contributed by atoms with Crippen LogP contribution in [0.1, 0.15) is 25.0 Å². The van der Waals surface area contributed by atoms with Crippen LogP contribution < -0.4 is 9.47 Å². The molecule has 0 N–H and O–H groups in total. The molecule has 0 unspecified atom stereocenters. The van der Waals surface area contributed by atoms with Crippen molar-refractivity contribution in [3.8, 4) is 11.5 Å². The molecule has 0 atom stereocenters. The Kier molecular flexibility index (Phi) is 8.15. The van der Waals surface area contributed by atoms with Crippen LogP contribution >= 0.6 is 27.7 Å². The summed E-state index contributed by atoms with van der Waals surface area (Å²) in [6, 6.07) is 9.59. The third-order valence-electron chi connectivity index (χ3n) is 4.41. The predicted octanol–water partition coefficient (Wildman–Crippen LogP) is 5.16. The number of hydrogen-bond acceptors (Lipinski definition) is 7. The Balaban J connectivity index is 1.79. The lowest BCUT2D eigenvalue weighted by molar-refractivity contribution is -0.149. The van der Waals surface area contributed by atoms with E-state index in [1.54, 1.807) is 44.2 Å². The van der Waals surface area contributed by atoms with Gasteiger partial charge in [-0.15, -0.1) is 0 Å². The Hall–Kier alpha value is -2.85. The van der Waals surface area contributed by atoms with Gasteiger partial charge in [-0.2, -0.15) is 0 Å². The van der Waals surface area contributed by atoms with Crippen molar-refractivity contribution in [2.75, 3.05) is 13.7 Å². The van der Waals surface area contributed by atoms with Gasteiger partial charge >= 0.3 is 5.97 Å². The number of halogens is 2. The minimum atomic E-state index is -0.658. The third kappa shape index (κ3) is 6.14. The molecule has 1 saturated heterocycles. The number of methoxy groups -OCH3 is 1. The normalized spacial score (nSPS) is 14.8. The number of benzene rings is 2. The van der Waals surface area contributed by atoms with Crippen molar-refractivity contribution in [1.82, 2.24) is 4.90 Å². The molecule has 0 bridgehead atoms. The molecule has 0 aromatic heterocycles. The summed E-state index contributed by atoms with van der Waals surface area (Å²) in [4.78, 5) is 37.7. The smallest absolute Gasteiger partial charge is 0.326 e. The lowest BCUT2D eigenvalue weighted by Crippen LogP contribution is -2.35. The van der Waals surface area contributed by atoms with Gasteiger partial charge in [0.05, 0.1) is 22.6 Å². The molecule has 0 radical (unpaired) electrons. The van der Waals surface area contributed by atoms with Crippen LogP contribution in [0, 0.1) is 5.82 Å². The molecule has 174 valence electrons. The summed E-state index contributed by atoms with van der Waals surface area (Å²) >= 11 is 4.15. The minimum Gasteiger partial charge on any atom is -0.493 e. The van der Waals surface area contributed by atoms with Crippen LogP contribution in [0.15, 0.2) is 45.8 Å². The number of ether oxygens (including phenoxy) is 3. The van der Waals surface area contributed by atoms with E-state index in [-0.39, 0.29) is 23.4 Å². The van der Waals surface area contributed by atoms with Crippen LogP contribution in [0.3, 0.4) is 0 Å². The van der Waals surface area contributed by atoms with Gasteiger partial charge in [0, 0.05) is 5.56 Å². The first kappa shape index (κ1) is 24.8. The average Bonchev–Trinajstić information content (AvgIpc) is 3.00. The van der Waals surface area contributed by atoms with Crippen LogP contribution in [0.25, 0.3) is 6.08 Å². The zero-order valence-corrected chi connectivity index (χ0v) is 20.5. The zero-order valence-electron chi connectivity index (χ0n) is 18.1. The monoisotopic (exact) mass is 537 g/mol. The fourth-order valence-electron chi connectivity index (χ4n) is 2.95. The first-order valence-corrected chi connectivity index (χ1v) is 11.5. The molecule has 1 fully saturated rings. The highest BCUT2D eigenvalue weighted by molar-refractivity contribution is 9.10. The van der Waals surface area contributed by atoms with Crippen molar-refractivity contribution >= 4 is 50.9 Å². The summed E-state index contributed by atoms with van der Waals surface area (Å²) in [5.41, 5.74) is 0.951. The van der Waals surface area contributed by atoms with Crippen molar-refractivity contribution in [2.24, 2.45) is 0 Å². The predicted molar refractivity (Wildman–Crippen MR) is 125 cm³/mol. The standard InChI is InChI=1S/C23H21BrFNO6S/c1-13(2)32-20(27)11-26-22(28)19(33-23(26)29)10-14-8-16(24)21(18(9-14)30-3)31-12-15-6-4-5-7-17(15)25/h4-10,13H,11-12H2,1-3H3/b19-10+. The third-order valence-corrected chi connectivity index (χ3v) is 5.90. The van der Waals surface area contributed by atoms with Gasteiger partial charge in [0.25, 0.3) is 11.1 Å². The van der Waals surface area contributed by atoms with E-state index in [1.807, 2.05) is 0 Å². The summed E-state index contributed by atoms with van der Waals surface area (Å²) < 4.78 is 30.6. The lowest BCUT2D eigenvalue weighted by atomic mass is 10.1. The average molecular weight is 538 g/mol. The number of amides is 2. The molecule has 7 nitrogen and oxygen atoms in total. The highest BCUT2D eigenvalue weighted by atomic mass is 79.9. The molecule has 10 heteroatoms. The summed E-state index contributed by atoms with van der Waals surface area (Å²) in [6.07, 6.45) is 1.17. The summed E-state index contributed by atoms with van der Waals surface area (Å²) in [6.45, 7) is 2.91. The fourth-order valence-corrected chi connectivity index (χ4v) is 4.36. The summed E-state index contributed by atoms with van der Waals surface area (Å²) in [5.74, 6) is -0.902. The van der Waals surface area contributed by atoms with Gasteiger partial charge in [0.15, 0.2) is 11.5 Å². The Labute approximate surface area is 203 Å². The van der Waals surface area contributed by atoms with Gasteiger partial charge in [-0.1, -0.05) is 18.2 Å². The molecule has 0 aliphatic carbocycles. The van der Waals surface area contributed by atoms with Gasteiger partial charge in [-0.3, -0.25) is 19.3 Å². The number of thioether (sulfide) groups is 1. The van der Waals surface area contributed by atoms with Gasteiger partial charge in [-0.05, 0) is 71.4 Å². The van der Waals surface area contributed by atoms with Gasteiger partial charge in [0.1, 0.15) is 19.0 Å². The maximum Gasteiger partial charge on any atom is 0.326 e. The number of esters is 1. The molecule has 1 aliphatic rings. The van der Waals surface area contributed by atoms with Crippen LogP contribution in [-0.4, -0.2) is 41.8 Å². The lowest BCUT2D eigenvalue weighted by Gasteiger charge is -2.14. The molecule has 3 rings (SSSR count). The van der Waals surface area contributed by atoms with Crippen LogP contribution in [0.4, 0.5) is 9.18 Å². The molecular formula is C23H21BrFNO6S. The molecular weight excluding hydrogens is 517 g/mol. The molecule has 2 aromatic rings. The van der Waals surface area contributed by atoms with Crippen LogP contribution in [0.5, 0.6) is 11.5 Å². The SMILES string of the molecule is COc1cc(/C=C2/SC(=O)N(CC(=O)OC(C)C)C2=O)cc(Br)c1OCc1ccccc1F. The molecule has 2 amide bonds. The van der Waals surface area contributed by atoms with E-state index in [4.69, 9.17) is 14.2 Å². The topological polar surface area (TPSA) is 82.1 Å². The number of rotatable bonds is 8. The van der Waals surface area contributed by atoms with E-state index in [9.17, 15) is 18.8 Å². The van der Waals surface area contributed by atoms with E-state index in [2.05, 4.69) is 15.9 Å². The van der Waals surface area contributed by atoms with Crippen molar-refractivity contribution in [3.63, 3.8) is 0 Å². The highest BCUT2D eigenvalue weighted by Gasteiger charge is 2.36. The second kappa shape index (κ2) is 10.8. The van der Waals surface area contributed by atoms with E-state index >= 15 is 0 Å². The fraction of sp³-hybridized carbons (Fsp3) is 0.261. The Morgan fingerprint density at radius 1 is 1.24 bits per heavy atom. The zero-order chi connectivity index (χ0) is 24.1. The van der Waals surface area contributed by atoms with Crippen molar-refractivity contribution in [1.29, 1.82) is 0 Å². The number of hydrogen-bond donors (Lipinski definition) is 0. The Bertz CT molecular complexity index is 1120. The van der Waals surface area contributed by atoms with Crippen LogP contribution in [0.2, 0.25) is 0 Å². The maximum absolute atomic E-state index is 13.9. The van der Waals surface area contributed by atoms with E-state index in [0.717, 1.165) is 16.7 Å². The largest absolute Gasteiger partial charge is 0.493 e. The molecule has 33 heavy (non-hydrogen) atoms. The summed E-state index contributed by atoms with van der Waals surface area (Å²) in [5, 5.41) is -0.553.